The van der Waals surface area contributed by atoms with Crippen molar-refractivity contribution in [3.63, 3.8) is 0 Å². The number of nitrogens with zero attached hydrogens (tertiary/aromatic N) is 2. The normalized spacial score (nSPS) is 26.7. The molecule has 0 amide bonds. The van der Waals surface area contributed by atoms with Crippen LogP contribution in [-0.2, 0) is 0 Å². The monoisotopic (exact) mass is 223 g/mol. The Hall–Kier alpha value is -1.03. The predicted molar refractivity (Wildman–Crippen MR) is 64.2 cm³/mol. The third-order valence-electron chi connectivity index (χ3n) is 3.64. The number of aliphatic hydroxyl groups is 1. The second-order valence-corrected chi connectivity index (χ2v) is 4.80. The molecule has 1 heterocycles. The van der Waals surface area contributed by atoms with Gasteiger partial charge in [-0.2, -0.15) is 5.10 Å². The standard InChI is InChI=1S/C12H21N3O/c1-8-12(13)9(2)15(14-8)10-6-4-3-5-7-11(10)16/h10-11,16H,3-7,13H2,1-2H3. The largest absolute Gasteiger partial charge is 0.396 e. The van der Waals surface area contributed by atoms with Crippen LogP contribution in [0.1, 0.15) is 49.5 Å². The van der Waals surface area contributed by atoms with Crippen LogP contribution in [0.5, 0.6) is 0 Å². The minimum absolute atomic E-state index is 0.110. The summed E-state index contributed by atoms with van der Waals surface area (Å²) >= 11 is 0. The van der Waals surface area contributed by atoms with E-state index >= 15 is 0 Å². The van der Waals surface area contributed by atoms with Crippen molar-refractivity contribution in [2.75, 3.05) is 5.73 Å². The number of hydrogen-bond acceptors (Lipinski definition) is 3. The van der Waals surface area contributed by atoms with Gasteiger partial charge in [0.15, 0.2) is 0 Å². The van der Waals surface area contributed by atoms with Crippen LogP contribution >= 0.6 is 0 Å². The Morgan fingerprint density at radius 2 is 1.94 bits per heavy atom. The van der Waals surface area contributed by atoms with Gasteiger partial charge in [-0.1, -0.05) is 19.3 Å². The Morgan fingerprint density at radius 1 is 1.25 bits per heavy atom. The minimum Gasteiger partial charge on any atom is -0.396 e. The molecule has 1 saturated carbocycles. The molecule has 3 N–H and O–H groups in total. The lowest BCUT2D eigenvalue weighted by Crippen LogP contribution is -2.24. The summed E-state index contributed by atoms with van der Waals surface area (Å²) < 4.78 is 1.93. The quantitative estimate of drug-likeness (QED) is 0.715. The van der Waals surface area contributed by atoms with Crippen LogP contribution in [0.15, 0.2) is 0 Å². The number of aromatic nitrogens is 2. The molecule has 0 bridgehead atoms. The summed E-state index contributed by atoms with van der Waals surface area (Å²) in [6.45, 7) is 3.90. The number of nitrogens with two attached hydrogens (primary N) is 1. The van der Waals surface area contributed by atoms with Gasteiger partial charge in [0.1, 0.15) is 0 Å². The number of aliphatic hydroxyl groups excluding tert-OH is 1. The third kappa shape index (κ3) is 1.94. The summed E-state index contributed by atoms with van der Waals surface area (Å²) in [5.41, 5.74) is 8.55. The zero-order chi connectivity index (χ0) is 11.7. The Kier molecular flexibility index (Phi) is 3.19. The van der Waals surface area contributed by atoms with Crippen LogP contribution < -0.4 is 5.73 Å². The summed E-state index contributed by atoms with van der Waals surface area (Å²) in [5.74, 6) is 0. The molecule has 0 radical (unpaired) electrons. The first-order valence-corrected chi connectivity index (χ1v) is 6.10. The molecule has 1 aliphatic carbocycles. The van der Waals surface area contributed by atoms with E-state index in [2.05, 4.69) is 5.10 Å². The first kappa shape index (κ1) is 11.5. The van der Waals surface area contributed by atoms with Crippen LogP contribution in [0.2, 0.25) is 0 Å². The molecule has 1 aromatic heterocycles. The fourth-order valence-corrected chi connectivity index (χ4v) is 2.55. The van der Waals surface area contributed by atoms with Gasteiger partial charge in [0, 0.05) is 0 Å². The van der Waals surface area contributed by atoms with Crippen molar-refractivity contribution in [1.82, 2.24) is 9.78 Å². The van der Waals surface area contributed by atoms with Crippen molar-refractivity contribution in [3.8, 4) is 0 Å². The van der Waals surface area contributed by atoms with E-state index < -0.39 is 0 Å². The highest BCUT2D eigenvalue weighted by atomic mass is 16.3. The Bertz CT molecular complexity index is 373. The summed E-state index contributed by atoms with van der Waals surface area (Å²) in [5, 5.41) is 14.6. The molecule has 1 aromatic rings. The van der Waals surface area contributed by atoms with Crippen LogP contribution in [-0.4, -0.2) is 21.0 Å². The maximum absolute atomic E-state index is 10.1. The lowest BCUT2D eigenvalue weighted by molar-refractivity contribution is 0.0978. The highest BCUT2D eigenvalue weighted by Gasteiger charge is 2.26. The van der Waals surface area contributed by atoms with E-state index in [1.165, 1.54) is 12.8 Å². The van der Waals surface area contributed by atoms with Crippen molar-refractivity contribution in [2.24, 2.45) is 0 Å². The molecular formula is C12H21N3O. The highest BCUT2D eigenvalue weighted by molar-refractivity contribution is 5.47. The summed E-state index contributed by atoms with van der Waals surface area (Å²) in [6.07, 6.45) is 5.10. The second kappa shape index (κ2) is 4.45. The molecule has 2 unspecified atom stereocenters. The highest BCUT2D eigenvalue weighted by Crippen LogP contribution is 2.30. The van der Waals surface area contributed by atoms with Gasteiger partial charge < -0.3 is 10.8 Å². The van der Waals surface area contributed by atoms with Gasteiger partial charge in [-0.25, -0.2) is 0 Å². The van der Waals surface area contributed by atoms with E-state index in [4.69, 9.17) is 5.73 Å². The molecule has 4 heteroatoms. The van der Waals surface area contributed by atoms with E-state index in [9.17, 15) is 5.11 Å². The SMILES string of the molecule is Cc1nn(C2CCCCCC2O)c(C)c1N. The van der Waals surface area contributed by atoms with Crippen LogP contribution in [0.4, 0.5) is 5.69 Å². The molecule has 4 nitrogen and oxygen atoms in total. The third-order valence-corrected chi connectivity index (χ3v) is 3.64. The van der Waals surface area contributed by atoms with Gasteiger partial charge in [-0.3, -0.25) is 4.68 Å². The fourth-order valence-electron chi connectivity index (χ4n) is 2.55. The van der Waals surface area contributed by atoms with Crippen molar-refractivity contribution in [2.45, 2.75) is 58.1 Å². The molecule has 2 rings (SSSR count). The van der Waals surface area contributed by atoms with E-state index in [0.29, 0.717) is 0 Å². The van der Waals surface area contributed by atoms with Crippen molar-refractivity contribution in [3.05, 3.63) is 11.4 Å². The fraction of sp³-hybridized carbons (Fsp3) is 0.750. The first-order valence-electron chi connectivity index (χ1n) is 6.10. The number of hydrogen-bond donors (Lipinski definition) is 2. The molecule has 0 saturated heterocycles. The maximum Gasteiger partial charge on any atom is 0.0826 e. The van der Waals surface area contributed by atoms with Gasteiger partial charge in [0.05, 0.1) is 29.2 Å². The van der Waals surface area contributed by atoms with Gasteiger partial charge in [-0.15, -0.1) is 0 Å². The first-order chi connectivity index (χ1) is 7.61. The molecule has 16 heavy (non-hydrogen) atoms. The lowest BCUT2D eigenvalue weighted by Gasteiger charge is -2.22. The van der Waals surface area contributed by atoms with Gasteiger partial charge in [0.2, 0.25) is 0 Å². The number of aryl methyl sites for hydroxylation is 1. The summed E-state index contributed by atoms with van der Waals surface area (Å²) in [6, 6.07) is 0.110. The van der Waals surface area contributed by atoms with Gasteiger partial charge in [-0.05, 0) is 26.7 Å². The van der Waals surface area contributed by atoms with Gasteiger partial charge in [0.25, 0.3) is 0 Å². The Balaban J connectivity index is 2.30. The molecule has 1 fully saturated rings. The molecule has 1 aliphatic rings. The van der Waals surface area contributed by atoms with Crippen LogP contribution in [0.3, 0.4) is 0 Å². The summed E-state index contributed by atoms with van der Waals surface area (Å²) in [7, 11) is 0. The molecular weight excluding hydrogens is 202 g/mol. The zero-order valence-corrected chi connectivity index (χ0v) is 10.1. The lowest BCUT2D eigenvalue weighted by atomic mass is 10.1. The molecule has 0 aliphatic heterocycles. The molecule has 2 atom stereocenters. The van der Waals surface area contributed by atoms with E-state index in [-0.39, 0.29) is 12.1 Å². The Labute approximate surface area is 96.5 Å². The van der Waals surface area contributed by atoms with Crippen molar-refractivity contribution >= 4 is 5.69 Å². The second-order valence-electron chi connectivity index (χ2n) is 4.80. The number of anilines is 1. The van der Waals surface area contributed by atoms with Crippen molar-refractivity contribution < 1.29 is 5.11 Å². The van der Waals surface area contributed by atoms with E-state index in [0.717, 1.165) is 36.3 Å². The van der Waals surface area contributed by atoms with E-state index in [1.54, 1.807) is 0 Å². The molecule has 90 valence electrons. The molecule has 0 spiro atoms. The predicted octanol–water partition coefficient (Wildman–Crippen LogP) is 1.95. The van der Waals surface area contributed by atoms with Gasteiger partial charge >= 0.3 is 0 Å². The van der Waals surface area contributed by atoms with Crippen LogP contribution in [0, 0.1) is 13.8 Å². The maximum atomic E-state index is 10.1. The minimum atomic E-state index is -0.278. The smallest absolute Gasteiger partial charge is 0.0826 e. The van der Waals surface area contributed by atoms with E-state index in [1.807, 2.05) is 18.5 Å². The Morgan fingerprint density at radius 3 is 2.56 bits per heavy atom. The summed E-state index contributed by atoms with van der Waals surface area (Å²) in [4.78, 5) is 0. The van der Waals surface area contributed by atoms with Crippen molar-refractivity contribution in [1.29, 1.82) is 0 Å². The average molecular weight is 223 g/mol. The van der Waals surface area contributed by atoms with Crippen LogP contribution in [0.25, 0.3) is 0 Å². The average Bonchev–Trinajstić information content (AvgIpc) is 2.47. The number of nitrogen functional groups attached to an aromatic ring is 1. The molecule has 0 aromatic carbocycles. The number of rotatable bonds is 1. The zero-order valence-electron chi connectivity index (χ0n) is 10.1. The topological polar surface area (TPSA) is 64.1 Å².